The first kappa shape index (κ1) is 31.0. The van der Waals surface area contributed by atoms with Crippen molar-refractivity contribution in [3.63, 3.8) is 0 Å². The molecule has 236 valence electrons. The lowest BCUT2D eigenvalue weighted by Crippen LogP contribution is -2.27. The summed E-state index contributed by atoms with van der Waals surface area (Å²) < 4.78 is 12.5. The Kier molecular flexibility index (Phi) is 8.93. The Balaban J connectivity index is 1.36. The number of esters is 1. The average Bonchev–Trinajstić information content (AvgIpc) is 3.79. The van der Waals surface area contributed by atoms with Crippen LogP contribution in [-0.2, 0) is 15.9 Å². The van der Waals surface area contributed by atoms with Gasteiger partial charge in [-0.2, -0.15) is 0 Å². The summed E-state index contributed by atoms with van der Waals surface area (Å²) in [7, 11) is 2.57. The molecule has 0 saturated carbocycles. The zero-order valence-electron chi connectivity index (χ0n) is 25.3. The van der Waals surface area contributed by atoms with Gasteiger partial charge in [0.05, 0.1) is 44.0 Å². The van der Waals surface area contributed by atoms with E-state index >= 15 is 0 Å². The van der Waals surface area contributed by atoms with Crippen LogP contribution in [0.5, 0.6) is 0 Å². The van der Waals surface area contributed by atoms with Crippen LogP contribution in [-0.4, -0.2) is 55.8 Å². The maximum atomic E-state index is 13.9. The number of carbonyl (C=O) groups excluding carboxylic acids is 2. The smallest absolute Gasteiger partial charge is 0.411 e. The van der Waals surface area contributed by atoms with Gasteiger partial charge >= 0.3 is 12.1 Å². The topological polar surface area (TPSA) is 146 Å². The number of methoxy groups -OCH3 is 2. The Morgan fingerprint density at radius 1 is 0.957 bits per heavy atom. The average molecular weight is 650 g/mol. The van der Waals surface area contributed by atoms with Crippen LogP contribution < -0.4 is 10.9 Å². The van der Waals surface area contributed by atoms with Crippen molar-refractivity contribution in [2.75, 3.05) is 19.5 Å². The third kappa shape index (κ3) is 6.82. The first-order valence-corrected chi connectivity index (χ1v) is 14.8. The van der Waals surface area contributed by atoms with Gasteiger partial charge in [0, 0.05) is 35.0 Å². The number of imidazole rings is 1. The van der Waals surface area contributed by atoms with Gasteiger partial charge in [0.15, 0.2) is 5.69 Å². The first-order chi connectivity index (χ1) is 22.8. The molecule has 0 radical (unpaired) electrons. The van der Waals surface area contributed by atoms with Crippen LogP contribution in [0, 0.1) is 0 Å². The van der Waals surface area contributed by atoms with Crippen molar-refractivity contribution >= 4 is 29.4 Å². The minimum Gasteiger partial charge on any atom is -0.464 e. The number of amides is 1. The summed E-state index contributed by atoms with van der Waals surface area (Å²) in [6, 6.07) is 25.1. The molecule has 0 aliphatic rings. The van der Waals surface area contributed by atoms with Gasteiger partial charge in [0.25, 0.3) is 5.56 Å². The summed E-state index contributed by atoms with van der Waals surface area (Å²) in [5.74, 6) is -0.0237. The molecule has 0 saturated heterocycles. The second-order valence-corrected chi connectivity index (χ2v) is 10.9. The predicted octanol–water partition coefficient (Wildman–Crippen LogP) is 5.94. The van der Waals surface area contributed by atoms with Crippen LogP contribution in [0.2, 0.25) is 5.02 Å². The number of H-pyrrole nitrogens is 1. The van der Waals surface area contributed by atoms with Crippen molar-refractivity contribution in [3.8, 4) is 28.1 Å². The highest BCUT2D eigenvalue weighted by atomic mass is 35.5. The lowest BCUT2D eigenvalue weighted by Gasteiger charge is -2.19. The lowest BCUT2D eigenvalue weighted by atomic mass is 10.0. The Morgan fingerprint density at radius 2 is 1.74 bits per heavy atom. The number of ether oxygens (including phenoxy) is 2. The molecule has 0 bridgehead atoms. The van der Waals surface area contributed by atoms with Crippen LogP contribution in [0.3, 0.4) is 0 Å². The molecule has 0 fully saturated rings. The van der Waals surface area contributed by atoms with E-state index in [0.29, 0.717) is 39.8 Å². The number of aromatic amines is 1. The third-order valence-corrected chi connectivity index (χ3v) is 7.73. The number of benzene rings is 3. The summed E-state index contributed by atoms with van der Waals surface area (Å²) in [5, 5.41) is 11.1. The molecule has 3 aromatic heterocycles. The maximum Gasteiger partial charge on any atom is 0.411 e. The second kappa shape index (κ2) is 13.5. The fraction of sp³-hybridized carbons (Fsp3) is 0.118. The Hall–Kier alpha value is -6.01. The standard InChI is InChI=1S/C34H28ClN7O5/c1-46-33(44)28-20-42(40-39-28)29-13-10-24(35)18-26(29)23-14-15-41(31(43)17-23)30(16-21-6-4-3-5-7-21)32-36-19-27(38-32)22-8-11-25(12-9-22)37-34(45)47-2/h3-15,17-20,30H,16H2,1-2H3,(H,36,38)(H,37,45)/t30-/m0/s1. The zero-order chi connectivity index (χ0) is 32.9. The molecule has 3 heterocycles. The van der Waals surface area contributed by atoms with E-state index in [1.165, 1.54) is 31.2 Å². The number of aromatic nitrogens is 6. The van der Waals surface area contributed by atoms with E-state index in [0.717, 1.165) is 16.8 Å². The molecule has 0 unspecified atom stereocenters. The number of carbonyl (C=O) groups is 2. The lowest BCUT2D eigenvalue weighted by molar-refractivity contribution is 0.0594. The molecule has 1 amide bonds. The van der Waals surface area contributed by atoms with Gasteiger partial charge in [-0.05, 0) is 53.1 Å². The third-order valence-electron chi connectivity index (χ3n) is 7.50. The molecule has 0 aliphatic carbocycles. The number of rotatable bonds is 9. The van der Waals surface area contributed by atoms with Gasteiger partial charge in [0.2, 0.25) is 0 Å². The Bertz CT molecular complexity index is 2110. The molecular weight excluding hydrogens is 622 g/mol. The number of anilines is 1. The first-order valence-electron chi connectivity index (χ1n) is 14.4. The SMILES string of the molecule is COC(=O)Nc1ccc(-c2cnc([C@H](Cc3ccccc3)n3ccc(-c4cc(Cl)ccc4-n4cc(C(=O)OC)nn4)cc3=O)[nH]2)cc1. The summed E-state index contributed by atoms with van der Waals surface area (Å²) in [6.45, 7) is 0. The fourth-order valence-corrected chi connectivity index (χ4v) is 5.32. The monoisotopic (exact) mass is 649 g/mol. The highest BCUT2D eigenvalue weighted by Crippen LogP contribution is 2.30. The van der Waals surface area contributed by atoms with E-state index in [4.69, 9.17) is 16.3 Å². The minimum atomic E-state index is -0.618. The number of pyridine rings is 1. The van der Waals surface area contributed by atoms with E-state index < -0.39 is 18.1 Å². The summed E-state index contributed by atoms with van der Waals surface area (Å²) in [5.41, 5.74) is 4.76. The minimum absolute atomic E-state index is 0.0409. The molecule has 0 aliphatic heterocycles. The van der Waals surface area contributed by atoms with E-state index in [2.05, 4.69) is 30.3 Å². The predicted molar refractivity (Wildman–Crippen MR) is 176 cm³/mol. The van der Waals surface area contributed by atoms with Crippen molar-refractivity contribution < 1.29 is 19.1 Å². The normalized spacial score (nSPS) is 11.6. The van der Waals surface area contributed by atoms with Gasteiger partial charge in [-0.1, -0.05) is 59.3 Å². The summed E-state index contributed by atoms with van der Waals surface area (Å²) in [6.07, 6.45) is 4.83. The van der Waals surface area contributed by atoms with Crippen LogP contribution in [0.4, 0.5) is 10.5 Å². The van der Waals surface area contributed by atoms with E-state index in [-0.39, 0.29) is 11.3 Å². The number of nitrogens with one attached hydrogen (secondary N) is 2. The van der Waals surface area contributed by atoms with Crippen molar-refractivity contribution in [1.82, 2.24) is 29.5 Å². The molecule has 6 rings (SSSR count). The molecule has 12 nitrogen and oxygen atoms in total. The largest absolute Gasteiger partial charge is 0.464 e. The Morgan fingerprint density at radius 3 is 2.47 bits per heavy atom. The molecule has 1 atom stereocenters. The molecule has 6 aromatic rings. The number of nitrogens with zero attached hydrogens (tertiary/aromatic N) is 5. The number of halogens is 1. The summed E-state index contributed by atoms with van der Waals surface area (Å²) >= 11 is 6.38. The van der Waals surface area contributed by atoms with Gasteiger partial charge in [-0.25, -0.2) is 19.3 Å². The van der Waals surface area contributed by atoms with Crippen LogP contribution in [0.1, 0.15) is 27.9 Å². The van der Waals surface area contributed by atoms with Crippen LogP contribution >= 0.6 is 11.6 Å². The molecule has 13 heteroatoms. The van der Waals surface area contributed by atoms with Gasteiger partial charge in [-0.15, -0.1) is 5.10 Å². The molecule has 47 heavy (non-hydrogen) atoms. The molecule has 3 aromatic carbocycles. The zero-order valence-corrected chi connectivity index (χ0v) is 26.0. The molecular formula is C34H28ClN7O5. The highest BCUT2D eigenvalue weighted by molar-refractivity contribution is 6.31. The van der Waals surface area contributed by atoms with Crippen LogP contribution in [0.15, 0.2) is 108 Å². The number of hydrogen-bond acceptors (Lipinski definition) is 8. The van der Waals surface area contributed by atoms with E-state index in [1.807, 2.05) is 48.5 Å². The Labute approximate surface area is 273 Å². The maximum absolute atomic E-state index is 13.9. The quantitative estimate of drug-likeness (QED) is 0.183. The van der Waals surface area contributed by atoms with Crippen molar-refractivity contribution in [2.24, 2.45) is 0 Å². The van der Waals surface area contributed by atoms with E-state index in [1.54, 1.807) is 47.3 Å². The van der Waals surface area contributed by atoms with Crippen LogP contribution in [0.25, 0.3) is 28.1 Å². The number of hydrogen-bond donors (Lipinski definition) is 2. The molecule has 0 spiro atoms. The second-order valence-electron chi connectivity index (χ2n) is 10.4. The van der Waals surface area contributed by atoms with Crippen molar-refractivity contribution in [1.29, 1.82) is 0 Å². The van der Waals surface area contributed by atoms with Crippen molar-refractivity contribution in [2.45, 2.75) is 12.5 Å². The molecule has 2 N–H and O–H groups in total. The highest BCUT2D eigenvalue weighted by Gasteiger charge is 2.21. The fourth-order valence-electron chi connectivity index (χ4n) is 5.15. The summed E-state index contributed by atoms with van der Waals surface area (Å²) in [4.78, 5) is 45.5. The van der Waals surface area contributed by atoms with Gasteiger partial charge in [0.1, 0.15) is 5.82 Å². The van der Waals surface area contributed by atoms with Gasteiger partial charge < -0.3 is 19.0 Å². The van der Waals surface area contributed by atoms with E-state index in [9.17, 15) is 14.4 Å². The van der Waals surface area contributed by atoms with Crippen molar-refractivity contribution in [3.05, 3.63) is 136 Å². The van der Waals surface area contributed by atoms with Gasteiger partial charge in [-0.3, -0.25) is 10.1 Å².